The number of hydrogen-bond acceptors (Lipinski definition) is 4. The average molecular weight is 414 g/mol. The molecule has 0 saturated carbocycles. The zero-order valence-electron chi connectivity index (χ0n) is 16.4. The molecule has 7 nitrogen and oxygen atoms in total. The molecule has 29 heavy (non-hydrogen) atoms. The zero-order valence-corrected chi connectivity index (χ0v) is 17.1. The van der Waals surface area contributed by atoms with E-state index in [1.807, 2.05) is 59.4 Å². The number of nitrogens with one attached hydrogen (secondary N) is 1. The molecule has 1 heterocycles. The molecule has 152 valence electrons. The van der Waals surface area contributed by atoms with E-state index >= 15 is 0 Å². The lowest BCUT2D eigenvalue weighted by molar-refractivity contribution is 0.354. The molecule has 2 aromatic carbocycles. The molecular formula is C21H24ClN5O2. The highest BCUT2D eigenvalue weighted by Gasteiger charge is 2.14. The van der Waals surface area contributed by atoms with Gasteiger partial charge in [0.05, 0.1) is 26.8 Å². The third kappa shape index (κ3) is 5.42. The van der Waals surface area contributed by atoms with Gasteiger partial charge in [-0.25, -0.2) is 4.99 Å². The number of hydrogen-bond donors (Lipinski definition) is 2. The Morgan fingerprint density at radius 2 is 1.93 bits per heavy atom. The van der Waals surface area contributed by atoms with Crippen LogP contribution in [0.25, 0.3) is 0 Å². The smallest absolute Gasteiger partial charge is 0.189 e. The van der Waals surface area contributed by atoms with Gasteiger partial charge in [-0.3, -0.25) is 4.68 Å². The summed E-state index contributed by atoms with van der Waals surface area (Å²) >= 11 is 6.01. The third-order valence-electron chi connectivity index (χ3n) is 4.46. The summed E-state index contributed by atoms with van der Waals surface area (Å²) in [5.41, 5.74) is 8.12. The van der Waals surface area contributed by atoms with Gasteiger partial charge < -0.3 is 20.5 Å². The standard InChI is InChI=1S/C21H24ClN5O2/c1-28-19-9-4-15(12-20(19)29-2)13-24-21(23)25-14-18(27-11-3-10-26-27)16-5-7-17(22)8-6-16/h3-12,18H,13-14H2,1-2H3,(H3,23,24,25). The van der Waals surface area contributed by atoms with Crippen molar-refractivity contribution >= 4 is 17.6 Å². The Morgan fingerprint density at radius 1 is 1.17 bits per heavy atom. The van der Waals surface area contributed by atoms with Gasteiger partial charge in [0.15, 0.2) is 17.5 Å². The van der Waals surface area contributed by atoms with Gasteiger partial charge in [0, 0.05) is 24.0 Å². The topological polar surface area (TPSA) is 86.7 Å². The molecule has 0 aliphatic heterocycles. The normalized spacial score (nSPS) is 12.4. The van der Waals surface area contributed by atoms with Crippen LogP contribution in [0.15, 0.2) is 65.9 Å². The van der Waals surface area contributed by atoms with Crippen LogP contribution in [0.4, 0.5) is 0 Å². The van der Waals surface area contributed by atoms with E-state index in [1.54, 1.807) is 20.4 Å². The van der Waals surface area contributed by atoms with E-state index < -0.39 is 0 Å². The summed E-state index contributed by atoms with van der Waals surface area (Å²) in [6, 6.07) is 15.2. The molecule has 0 aliphatic rings. The number of nitrogens with zero attached hydrogens (tertiary/aromatic N) is 3. The first kappa shape index (κ1) is 20.5. The van der Waals surface area contributed by atoms with Crippen molar-refractivity contribution in [2.75, 3.05) is 20.8 Å². The molecule has 0 fully saturated rings. The Balaban J connectivity index is 1.67. The van der Waals surface area contributed by atoms with E-state index in [1.165, 1.54) is 0 Å². The van der Waals surface area contributed by atoms with Crippen LogP contribution in [0, 0.1) is 0 Å². The number of guanidine groups is 1. The van der Waals surface area contributed by atoms with E-state index in [-0.39, 0.29) is 6.04 Å². The molecule has 8 heteroatoms. The van der Waals surface area contributed by atoms with Crippen LogP contribution in [0.3, 0.4) is 0 Å². The van der Waals surface area contributed by atoms with Gasteiger partial charge in [0.25, 0.3) is 0 Å². The molecule has 0 saturated heterocycles. The van der Waals surface area contributed by atoms with Gasteiger partial charge in [-0.15, -0.1) is 0 Å². The summed E-state index contributed by atoms with van der Waals surface area (Å²) in [5, 5.41) is 8.23. The molecular weight excluding hydrogens is 390 g/mol. The van der Waals surface area contributed by atoms with E-state index in [2.05, 4.69) is 15.4 Å². The molecule has 0 amide bonds. The fourth-order valence-corrected chi connectivity index (χ4v) is 3.05. The SMILES string of the molecule is COc1ccc(CN=C(N)NCC(c2ccc(Cl)cc2)n2cccn2)cc1OC. The summed E-state index contributed by atoms with van der Waals surface area (Å²) in [7, 11) is 3.21. The van der Waals surface area contributed by atoms with Crippen molar-refractivity contribution in [1.82, 2.24) is 15.1 Å². The highest BCUT2D eigenvalue weighted by atomic mass is 35.5. The number of halogens is 1. The second-order valence-corrected chi connectivity index (χ2v) is 6.76. The third-order valence-corrected chi connectivity index (χ3v) is 4.71. The molecule has 3 aromatic rings. The van der Waals surface area contributed by atoms with E-state index in [0.717, 1.165) is 11.1 Å². The lowest BCUT2D eigenvalue weighted by atomic mass is 10.1. The maximum absolute atomic E-state index is 6.08. The maximum Gasteiger partial charge on any atom is 0.189 e. The Labute approximate surface area is 175 Å². The van der Waals surface area contributed by atoms with E-state index in [4.69, 9.17) is 26.8 Å². The van der Waals surface area contributed by atoms with E-state index in [0.29, 0.717) is 35.6 Å². The summed E-state index contributed by atoms with van der Waals surface area (Å²) in [6.07, 6.45) is 3.66. The largest absolute Gasteiger partial charge is 0.493 e. The van der Waals surface area contributed by atoms with Crippen LogP contribution in [0.5, 0.6) is 11.5 Å². The first-order chi connectivity index (χ1) is 14.1. The Morgan fingerprint density at radius 3 is 2.59 bits per heavy atom. The first-order valence-electron chi connectivity index (χ1n) is 9.10. The molecule has 1 aromatic heterocycles. The molecule has 1 atom stereocenters. The predicted octanol–water partition coefficient (Wildman–Crippen LogP) is 3.25. The van der Waals surface area contributed by atoms with Crippen molar-refractivity contribution in [2.24, 2.45) is 10.7 Å². The van der Waals surface area contributed by atoms with Gasteiger partial charge in [0.1, 0.15) is 0 Å². The molecule has 0 radical (unpaired) electrons. The molecule has 3 rings (SSSR count). The monoisotopic (exact) mass is 413 g/mol. The quantitative estimate of drug-likeness (QED) is 0.437. The number of aromatic nitrogens is 2. The number of benzene rings is 2. The highest BCUT2D eigenvalue weighted by molar-refractivity contribution is 6.30. The zero-order chi connectivity index (χ0) is 20.6. The second-order valence-electron chi connectivity index (χ2n) is 6.33. The number of ether oxygens (including phenoxy) is 2. The van der Waals surface area contributed by atoms with Crippen LogP contribution >= 0.6 is 11.6 Å². The second kappa shape index (κ2) is 9.84. The van der Waals surface area contributed by atoms with Crippen LogP contribution in [0.2, 0.25) is 5.02 Å². The van der Waals surface area contributed by atoms with Gasteiger partial charge >= 0.3 is 0 Å². The van der Waals surface area contributed by atoms with Crippen molar-refractivity contribution in [2.45, 2.75) is 12.6 Å². The fourth-order valence-electron chi connectivity index (χ4n) is 2.93. The number of rotatable bonds is 8. The van der Waals surface area contributed by atoms with Crippen molar-refractivity contribution in [3.63, 3.8) is 0 Å². The van der Waals surface area contributed by atoms with E-state index in [9.17, 15) is 0 Å². The minimum Gasteiger partial charge on any atom is -0.493 e. The average Bonchev–Trinajstić information content (AvgIpc) is 3.28. The summed E-state index contributed by atoms with van der Waals surface area (Å²) in [4.78, 5) is 4.42. The summed E-state index contributed by atoms with van der Waals surface area (Å²) < 4.78 is 12.4. The minimum atomic E-state index is -0.0444. The highest BCUT2D eigenvalue weighted by Crippen LogP contribution is 2.27. The fraction of sp³-hybridized carbons (Fsp3) is 0.238. The summed E-state index contributed by atoms with van der Waals surface area (Å²) in [6.45, 7) is 0.956. The summed E-state index contributed by atoms with van der Waals surface area (Å²) in [5.74, 6) is 1.69. The maximum atomic E-state index is 6.08. The lowest BCUT2D eigenvalue weighted by Gasteiger charge is -2.19. The molecule has 0 aliphatic carbocycles. The Bertz CT molecular complexity index is 942. The van der Waals surface area contributed by atoms with Crippen LogP contribution in [-0.4, -0.2) is 36.5 Å². The molecule has 0 spiro atoms. The molecule has 3 N–H and O–H groups in total. The van der Waals surface area contributed by atoms with Gasteiger partial charge in [-0.1, -0.05) is 29.8 Å². The first-order valence-corrected chi connectivity index (χ1v) is 9.47. The Hall–Kier alpha value is -3.19. The number of methoxy groups -OCH3 is 2. The van der Waals surface area contributed by atoms with Crippen LogP contribution in [0.1, 0.15) is 17.2 Å². The van der Waals surface area contributed by atoms with Crippen LogP contribution in [-0.2, 0) is 6.54 Å². The van der Waals surface area contributed by atoms with Crippen molar-refractivity contribution in [3.05, 3.63) is 77.1 Å². The molecule has 0 bridgehead atoms. The van der Waals surface area contributed by atoms with Gasteiger partial charge in [-0.05, 0) is 41.5 Å². The Kier molecular flexibility index (Phi) is 6.97. The predicted molar refractivity (Wildman–Crippen MR) is 115 cm³/mol. The van der Waals surface area contributed by atoms with Crippen LogP contribution < -0.4 is 20.5 Å². The van der Waals surface area contributed by atoms with Crippen molar-refractivity contribution < 1.29 is 9.47 Å². The number of nitrogens with two attached hydrogens (primary N) is 1. The molecule has 1 unspecified atom stereocenters. The van der Waals surface area contributed by atoms with Crippen molar-refractivity contribution in [1.29, 1.82) is 0 Å². The van der Waals surface area contributed by atoms with Gasteiger partial charge in [-0.2, -0.15) is 5.10 Å². The number of aliphatic imine (C=N–C) groups is 1. The minimum absolute atomic E-state index is 0.0444. The van der Waals surface area contributed by atoms with Crippen molar-refractivity contribution in [3.8, 4) is 11.5 Å². The van der Waals surface area contributed by atoms with Gasteiger partial charge in [0.2, 0.25) is 0 Å². The lowest BCUT2D eigenvalue weighted by Crippen LogP contribution is -2.36.